The number of ether oxygens (including phenoxy) is 1. The predicted molar refractivity (Wildman–Crippen MR) is 122 cm³/mol. The number of nitrogens with zero attached hydrogens (tertiary/aromatic N) is 1. The molecule has 0 bridgehead atoms. The first-order valence-electron chi connectivity index (χ1n) is 9.65. The van der Waals surface area contributed by atoms with E-state index in [1.807, 2.05) is 19.9 Å². The summed E-state index contributed by atoms with van der Waals surface area (Å²) in [5.74, 6) is -0.294. The van der Waals surface area contributed by atoms with Gasteiger partial charge in [-0.25, -0.2) is 9.78 Å². The summed E-state index contributed by atoms with van der Waals surface area (Å²) in [6.07, 6.45) is 0. The molecule has 0 radical (unpaired) electrons. The number of methoxy groups -OCH3 is 1. The molecule has 0 saturated heterocycles. The summed E-state index contributed by atoms with van der Waals surface area (Å²) in [4.78, 5) is 29.2. The van der Waals surface area contributed by atoms with Crippen molar-refractivity contribution in [2.75, 3.05) is 18.2 Å². The van der Waals surface area contributed by atoms with Crippen LogP contribution in [0.2, 0.25) is 5.15 Å². The first-order chi connectivity index (χ1) is 14.7. The molecule has 3 rings (SSSR count). The first kappa shape index (κ1) is 23.0. The van der Waals surface area contributed by atoms with Crippen molar-refractivity contribution in [1.82, 2.24) is 4.98 Å². The van der Waals surface area contributed by atoms with Crippen molar-refractivity contribution in [1.29, 1.82) is 0 Å². The maximum absolute atomic E-state index is 13.0. The number of anilines is 1. The Hall–Kier alpha value is -2.71. The smallest absolute Gasteiger partial charge is 0.358 e. The minimum atomic E-state index is -1.42. The van der Waals surface area contributed by atoms with Gasteiger partial charge >= 0.3 is 5.97 Å². The zero-order valence-corrected chi connectivity index (χ0v) is 19.4. The molecule has 0 aliphatic heterocycles. The van der Waals surface area contributed by atoms with E-state index in [0.717, 1.165) is 5.56 Å². The lowest BCUT2D eigenvalue weighted by Crippen LogP contribution is -2.16. The van der Waals surface area contributed by atoms with Crippen molar-refractivity contribution in [2.24, 2.45) is 0 Å². The highest BCUT2D eigenvalue weighted by Gasteiger charge is 2.22. The molecule has 0 spiro atoms. The third-order valence-corrected chi connectivity index (χ3v) is 6.43. The number of rotatable bonds is 6. The summed E-state index contributed by atoms with van der Waals surface area (Å²) >= 11 is 5.94. The molecule has 9 heteroatoms. The number of fused-ring (bicyclic) bond motifs is 1. The van der Waals surface area contributed by atoms with Crippen LogP contribution in [0.4, 0.5) is 5.69 Å². The SMILES string of the molecule is CCS(=O)c1oc2c(C(C)Nc3ccc(Cl)nc3C(=O)OC)cc(C)cc2c(=O)c1C. The van der Waals surface area contributed by atoms with E-state index in [0.29, 0.717) is 33.5 Å². The van der Waals surface area contributed by atoms with Gasteiger partial charge in [-0.1, -0.05) is 24.6 Å². The number of hydrogen-bond donors (Lipinski definition) is 1. The molecule has 1 aromatic carbocycles. The second-order valence-electron chi connectivity index (χ2n) is 7.10. The molecule has 3 aromatic rings. The third kappa shape index (κ3) is 4.50. The molecular weight excluding hydrogens is 440 g/mol. The summed E-state index contributed by atoms with van der Waals surface area (Å²) in [6.45, 7) is 7.13. The van der Waals surface area contributed by atoms with Gasteiger partial charge in [-0.2, -0.15) is 0 Å². The van der Waals surface area contributed by atoms with E-state index in [4.69, 9.17) is 20.8 Å². The maximum Gasteiger partial charge on any atom is 0.358 e. The second-order valence-corrected chi connectivity index (χ2v) is 9.12. The monoisotopic (exact) mass is 462 g/mol. The van der Waals surface area contributed by atoms with Gasteiger partial charge in [0.2, 0.25) is 0 Å². The molecule has 164 valence electrons. The van der Waals surface area contributed by atoms with E-state index in [2.05, 4.69) is 10.3 Å². The van der Waals surface area contributed by atoms with Crippen LogP contribution in [0.25, 0.3) is 11.0 Å². The normalized spacial score (nSPS) is 13.1. The van der Waals surface area contributed by atoms with E-state index in [1.54, 1.807) is 32.0 Å². The van der Waals surface area contributed by atoms with Crippen LogP contribution in [0.3, 0.4) is 0 Å². The molecule has 7 nitrogen and oxygen atoms in total. The maximum atomic E-state index is 13.0. The van der Waals surface area contributed by atoms with Crippen molar-refractivity contribution in [2.45, 2.75) is 38.8 Å². The zero-order chi connectivity index (χ0) is 22.9. The molecule has 0 aliphatic carbocycles. The van der Waals surface area contributed by atoms with Crippen molar-refractivity contribution in [3.05, 3.63) is 62.0 Å². The van der Waals surface area contributed by atoms with Gasteiger partial charge < -0.3 is 14.5 Å². The number of pyridine rings is 1. The van der Waals surface area contributed by atoms with Gasteiger partial charge in [0.1, 0.15) is 10.7 Å². The fraction of sp³-hybridized carbons (Fsp3) is 0.318. The molecule has 0 saturated carbocycles. The lowest BCUT2D eigenvalue weighted by Gasteiger charge is -2.19. The summed E-state index contributed by atoms with van der Waals surface area (Å²) in [5.41, 5.74) is 2.52. The molecule has 2 atom stereocenters. The molecule has 0 aliphatic rings. The van der Waals surface area contributed by atoms with Crippen LogP contribution in [0.5, 0.6) is 0 Å². The van der Waals surface area contributed by atoms with Crippen LogP contribution in [0.1, 0.15) is 47.1 Å². The minimum Gasteiger partial charge on any atom is -0.464 e. The lowest BCUT2D eigenvalue weighted by atomic mass is 10.0. The third-order valence-electron chi connectivity index (χ3n) is 4.90. The molecule has 0 amide bonds. The average Bonchev–Trinajstić information content (AvgIpc) is 2.76. The largest absolute Gasteiger partial charge is 0.464 e. The lowest BCUT2D eigenvalue weighted by molar-refractivity contribution is 0.0595. The van der Waals surface area contributed by atoms with Crippen LogP contribution in [0.15, 0.2) is 38.6 Å². The topological polar surface area (TPSA) is 98.5 Å². The Balaban J connectivity index is 2.17. The predicted octanol–water partition coefficient (Wildman–Crippen LogP) is 4.55. The number of esters is 1. The fourth-order valence-electron chi connectivity index (χ4n) is 3.33. The fourth-order valence-corrected chi connectivity index (χ4v) is 4.35. The second kappa shape index (κ2) is 9.20. The number of halogens is 1. The van der Waals surface area contributed by atoms with Gasteiger partial charge in [-0.05, 0) is 44.5 Å². The van der Waals surface area contributed by atoms with Gasteiger partial charge in [0.25, 0.3) is 0 Å². The van der Waals surface area contributed by atoms with Gasteiger partial charge in [-0.3, -0.25) is 9.00 Å². The number of aromatic nitrogens is 1. The van der Waals surface area contributed by atoms with Gasteiger partial charge in [-0.15, -0.1) is 0 Å². The highest BCUT2D eigenvalue weighted by Crippen LogP contribution is 2.30. The molecule has 2 unspecified atom stereocenters. The van der Waals surface area contributed by atoms with Crippen LogP contribution in [-0.4, -0.2) is 28.0 Å². The average molecular weight is 463 g/mol. The number of nitrogens with one attached hydrogen (secondary N) is 1. The Morgan fingerprint density at radius 2 is 2.03 bits per heavy atom. The summed E-state index contributed by atoms with van der Waals surface area (Å²) in [6, 6.07) is 6.45. The Bertz CT molecular complexity index is 1250. The van der Waals surface area contributed by atoms with Crippen molar-refractivity contribution < 1.29 is 18.2 Å². The number of benzene rings is 1. The standard InChI is InChI=1S/C22H23ClN2O5S/c1-6-31(28)22-12(3)19(26)15-10-11(2)9-14(20(15)30-22)13(4)24-16-7-8-17(23)25-18(16)21(27)29-5/h7-10,13,24H,6H2,1-5H3. The molecular formula is C22H23ClN2O5S. The van der Waals surface area contributed by atoms with Crippen molar-refractivity contribution >= 4 is 45.0 Å². The van der Waals surface area contributed by atoms with E-state index >= 15 is 0 Å². The van der Waals surface area contributed by atoms with Gasteiger partial charge in [0.15, 0.2) is 16.2 Å². The quantitative estimate of drug-likeness (QED) is 0.424. The summed E-state index contributed by atoms with van der Waals surface area (Å²) in [5, 5.41) is 3.98. The summed E-state index contributed by atoms with van der Waals surface area (Å²) < 4.78 is 23.3. The molecule has 2 aromatic heterocycles. The first-order valence-corrected chi connectivity index (χ1v) is 11.3. The Labute approximate surface area is 187 Å². The molecule has 0 fully saturated rings. The molecule has 2 heterocycles. The zero-order valence-electron chi connectivity index (χ0n) is 17.9. The Morgan fingerprint density at radius 3 is 2.68 bits per heavy atom. The van der Waals surface area contributed by atoms with Crippen LogP contribution in [-0.2, 0) is 15.5 Å². The number of carbonyl (C=O) groups excluding carboxylic acids is 1. The highest BCUT2D eigenvalue weighted by atomic mass is 35.5. The summed E-state index contributed by atoms with van der Waals surface area (Å²) in [7, 11) is -0.157. The molecule has 1 N–H and O–H groups in total. The number of aryl methyl sites for hydroxylation is 1. The highest BCUT2D eigenvalue weighted by molar-refractivity contribution is 7.84. The Kier molecular flexibility index (Phi) is 6.81. The van der Waals surface area contributed by atoms with Gasteiger partial charge in [0.05, 0.1) is 35.0 Å². The Morgan fingerprint density at radius 1 is 1.32 bits per heavy atom. The van der Waals surface area contributed by atoms with Crippen molar-refractivity contribution in [3.8, 4) is 0 Å². The van der Waals surface area contributed by atoms with Crippen LogP contribution in [0, 0.1) is 13.8 Å². The molecule has 31 heavy (non-hydrogen) atoms. The van der Waals surface area contributed by atoms with Gasteiger partial charge in [0, 0.05) is 16.9 Å². The number of carbonyl (C=O) groups is 1. The minimum absolute atomic E-state index is 0.0453. The number of hydrogen-bond acceptors (Lipinski definition) is 7. The van der Waals surface area contributed by atoms with E-state index in [9.17, 15) is 13.8 Å². The van der Waals surface area contributed by atoms with E-state index < -0.39 is 16.8 Å². The van der Waals surface area contributed by atoms with Crippen molar-refractivity contribution in [3.63, 3.8) is 0 Å². The van der Waals surface area contributed by atoms with Crippen LogP contribution >= 0.6 is 11.6 Å². The van der Waals surface area contributed by atoms with Crippen LogP contribution < -0.4 is 10.7 Å². The van der Waals surface area contributed by atoms with E-state index in [1.165, 1.54) is 7.11 Å². The van der Waals surface area contributed by atoms with E-state index in [-0.39, 0.29) is 27.4 Å².